The number of rotatable bonds is 29. The van der Waals surface area contributed by atoms with Crippen molar-refractivity contribution in [3.8, 4) is 17.2 Å². The molecule has 8 nitrogen and oxygen atoms in total. The average molecular weight is 1140 g/mol. The summed E-state index contributed by atoms with van der Waals surface area (Å²) in [6, 6.07) is 32.5. The molecule has 78 heavy (non-hydrogen) atoms. The van der Waals surface area contributed by atoms with Gasteiger partial charge in [-0.2, -0.15) is 39.5 Å². The molecule has 0 radical (unpaired) electrons. The Kier molecular flexibility index (Phi) is 21.6. The van der Waals surface area contributed by atoms with E-state index < -0.39 is 42.8 Å². The van der Waals surface area contributed by atoms with E-state index in [2.05, 4.69) is 47.9 Å². The van der Waals surface area contributed by atoms with Gasteiger partial charge in [0, 0.05) is 30.6 Å². The van der Waals surface area contributed by atoms with E-state index in [9.17, 15) is 44.6 Å². The average Bonchev–Trinajstić information content (AvgIpc) is 3.94. The summed E-state index contributed by atoms with van der Waals surface area (Å²) in [6.07, 6.45) is -12.2. The molecule has 0 aliphatic heterocycles. The molecule has 4 aromatic carbocycles. The lowest BCUT2D eigenvalue weighted by Gasteiger charge is -2.50. The van der Waals surface area contributed by atoms with Gasteiger partial charge in [0.05, 0.1) is 40.1 Å². The van der Waals surface area contributed by atoms with Crippen LogP contribution >= 0.6 is 21.6 Å². The molecular formula is C59H74F9NO7S2. The van der Waals surface area contributed by atoms with E-state index in [1.807, 2.05) is 83.6 Å². The highest BCUT2D eigenvalue weighted by atomic mass is 33.1. The quantitative estimate of drug-likeness (QED) is 0.0246. The Hall–Kier alpha value is -3.85. The van der Waals surface area contributed by atoms with Gasteiger partial charge in [0.1, 0.15) is 22.8 Å². The highest BCUT2D eigenvalue weighted by Crippen LogP contribution is 2.62. The van der Waals surface area contributed by atoms with Gasteiger partial charge in [-0.05, 0) is 172 Å². The van der Waals surface area contributed by atoms with Crippen LogP contribution in [0.4, 0.5) is 39.5 Å². The number of aliphatic hydroxyl groups excluding tert-OH is 1. The topological polar surface area (TPSA) is 78.9 Å². The summed E-state index contributed by atoms with van der Waals surface area (Å²) in [4.78, 5) is 2.37. The fourth-order valence-corrected chi connectivity index (χ4v) is 14.2. The minimum atomic E-state index is -6.75. The highest BCUT2D eigenvalue weighted by Gasteiger charge is 2.85. The van der Waals surface area contributed by atoms with E-state index >= 15 is 0 Å². The number of ether oxygens (including phenoxy) is 6. The lowest BCUT2D eigenvalue weighted by Crippen LogP contribution is -2.67. The molecule has 6 atom stereocenters. The first-order valence-electron chi connectivity index (χ1n) is 27.0. The lowest BCUT2D eigenvalue weighted by molar-refractivity contribution is -0.457. The van der Waals surface area contributed by atoms with E-state index in [1.54, 1.807) is 25.0 Å². The fourth-order valence-electron chi connectivity index (χ4n) is 12.3. The molecule has 0 heterocycles. The van der Waals surface area contributed by atoms with Crippen LogP contribution < -0.4 is 14.2 Å². The van der Waals surface area contributed by atoms with Crippen LogP contribution in [-0.2, 0) is 26.2 Å². The van der Waals surface area contributed by atoms with Gasteiger partial charge in [-0.3, -0.25) is 0 Å². The van der Waals surface area contributed by atoms with Crippen molar-refractivity contribution in [2.75, 3.05) is 78.9 Å². The zero-order valence-corrected chi connectivity index (χ0v) is 46.5. The van der Waals surface area contributed by atoms with Crippen molar-refractivity contribution in [2.45, 2.75) is 119 Å². The first kappa shape index (κ1) is 61.8. The van der Waals surface area contributed by atoms with Gasteiger partial charge >= 0.3 is 24.1 Å². The predicted octanol–water partition coefficient (Wildman–Crippen LogP) is 14.6. The molecule has 0 spiro atoms. The van der Waals surface area contributed by atoms with E-state index in [1.165, 1.54) is 11.1 Å². The van der Waals surface area contributed by atoms with Crippen molar-refractivity contribution >= 4 is 21.6 Å². The molecule has 0 amide bonds. The standard InChI is InChI=1S/C59H74F9NO7S2/c1-54-30-29-50-49-26-24-48(38-42(49)15-25-51(50)52(54)27-28-53(54)74-33-11-34-75-56(57(60,61)62,58(63,64)65)59(66,67)68)73-35-37-78-77-36-10-32-69(2)31-9-8-12-41(39-70)40-76-55(43-13-6-5-7-14-43,44-16-20-46(71-3)21-17-44)45-18-22-47(72-4)23-19-45/h5-7,13-14,16-24,26,38,41,50-53,70H,8-12,15,25,27-37,39-40H2,1-4H3/t41?,50?,51?,52?,53-,54-/m0/s1. The van der Waals surface area contributed by atoms with E-state index in [4.69, 9.17) is 23.7 Å². The third-order valence-corrected chi connectivity index (χ3v) is 18.8. The Balaban J connectivity index is 0.780. The number of unbranched alkanes of at least 4 members (excludes halogenated alkanes) is 1. The van der Waals surface area contributed by atoms with Crippen LogP contribution in [0.1, 0.15) is 105 Å². The molecule has 2 saturated carbocycles. The number of halogens is 9. The van der Waals surface area contributed by atoms with Gasteiger partial charge in [0.15, 0.2) is 0 Å². The monoisotopic (exact) mass is 1140 g/mol. The Morgan fingerprint density at radius 1 is 0.654 bits per heavy atom. The van der Waals surface area contributed by atoms with Gasteiger partial charge in [-0.15, -0.1) is 0 Å². The molecule has 4 aromatic rings. The summed E-state index contributed by atoms with van der Waals surface area (Å²) < 4.78 is 153. The second-order valence-corrected chi connectivity index (χ2v) is 23.8. The summed E-state index contributed by atoms with van der Waals surface area (Å²) in [7, 11) is 9.12. The molecule has 0 bridgehead atoms. The molecule has 4 unspecified atom stereocenters. The Morgan fingerprint density at radius 2 is 1.26 bits per heavy atom. The minimum Gasteiger partial charge on any atom is -0.497 e. The van der Waals surface area contributed by atoms with Gasteiger partial charge in [0.25, 0.3) is 0 Å². The second-order valence-electron chi connectivity index (χ2n) is 21.1. The molecular weight excluding hydrogens is 1070 g/mol. The van der Waals surface area contributed by atoms with E-state index in [0.29, 0.717) is 37.4 Å². The predicted molar refractivity (Wildman–Crippen MR) is 287 cm³/mol. The fraction of sp³-hybridized carbons (Fsp3) is 0.593. The molecule has 3 aliphatic rings. The van der Waals surface area contributed by atoms with Gasteiger partial charge < -0.3 is 38.4 Å². The van der Waals surface area contributed by atoms with Crippen molar-refractivity contribution in [1.29, 1.82) is 0 Å². The van der Waals surface area contributed by atoms with Crippen LogP contribution in [0.2, 0.25) is 0 Å². The third kappa shape index (κ3) is 14.1. The number of aryl methyl sites for hydroxylation is 1. The highest BCUT2D eigenvalue weighted by molar-refractivity contribution is 8.76. The molecule has 432 valence electrons. The van der Waals surface area contributed by atoms with Crippen LogP contribution in [0.3, 0.4) is 0 Å². The van der Waals surface area contributed by atoms with Crippen molar-refractivity contribution in [3.63, 3.8) is 0 Å². The lowest BCUT2D eigenvalue weighted by atomic mass is 9.55. The van der Waals surface area contributed by atoms with E-state index in [0.717, 1.165) is 116 Å². The van der Waals surface area contributed by atoms with Crippen LogP contribution in [0, 0.1) is 23.2 Å². The Labute approximate surface area is 461 Å². The zero-order chi connectivity index (χ0) is 56.2. The van der Waals surface area contributed by atoms with Gasteiger partial charge in [-0.25, -0.2) is 0 Å². The number of nitrogens with zero attached hydrogens (tertiary/aromatic N) is 1. The van der Waals surface area contributed by atoms with Gasteiger partial charge in [0.2, 0.25) is 0 Å². The molecule has 2 fully saturated rings. The summed E-state index contributed by atoms with van der Waals surface area (Å²) in [6.45, 7) is 3.30. The van der Waals surface area contributed by atoms with Crippen molar-refractivity contribution in [3.05, 3.63) is 125 Å². The Bertz CT molecular complexity index is 2370. The van der Waals surface area contributed by atoms with E-state index in [-0.39, 0.29) is 30.7 Å². The van der Waals surface area contributed by atoms with Crippen LogP contribution in [0.25, 0.3) is 0 Å². The largest absolute Gasteiger partial charge is 0.497 e. The SMILES string of the molecule is COc1ccc(C(OCC(CO)CCCCN(C)CCCSSCCOc2ccc3c(c2)CCC2C3CC[C@@]3(C)C2CC[C@@H]3OCCCOC(C(F)(F)F)(C(F)(F)F)C(F)(F)F)(c2ccccc2)c2ccc(OC)cc2)cc1. The summed E-state index contributed by atoms with van der Waals surface area (Å²) in [5.41, 5.74) is -2.00. The maximum atomic E-state index is 13.3. The molecule has 3 aliphatic carbocycles. The smallest absolute Gasteiger partial charge is 0.435 e. The molecule has 0 aromatic heterocycles. The number of alkyl halides is 9. The first-order valence-corrected chi connectivity index (χ1v) is 29.4. The number of benzene rings is 4. The Morgan fingerprint density at radius 3 is 1.87 bits per heavy atom. The number of hydrogen-bond acceptors (Lipinski definition) is 10. The van der Waals surface area contributed by atoms with Gasteiger partial charge in [-0.1, -0.05) is 95.6 Å². The zero-order valence-electron chi connectivity index (χ0n) is 44.8. The second kappa shape index (κ2) is 27.3. The molecule has 7 rings (SSSR count). The molecule has 19 heteroatoms. The normalized spacial score (nSPS) is 21.2. The van der Waals surface area contributed by atoms with Crippen LogP contribution in [0.5, 0.6) is 17.2 Å². The van der Waals surface area contributed by atoms with Crippen LogP contribution in [-0.4, -0.2) is 119 Å². The number of hydrogen-bond donors (Lipinski definition) is 1. The molecule has 1 N–H and O–H groups in total. The summed E-state index contributed by atoms with van der Waals surface area (Å²) >= 11 is 0. The maximum Gasteiger partial charge on any atom is 0.435 e. The third-order valence-electron chi connectivity index (χ3n) is 16.4. The summed E-state index contributed by atoms with van der Waals surface area (Å²) in [5, 5.41) is 10.6. The summed E-state index contributed by atoms with van der Waals surface area (Å²) in [5.74, 6) is 5.18. The van der Waals surface area contributed by atoms with Crippen molar-refractivity contribution in [2.24, 2.45) is 23.2 Å². The minimum absolute atomic E-state index is 0.0219. The van der Waals surface area contributed by atoms with Crippen molar-refractivity contribution in [1.82, 2.24) is 4.90 Å². The first-order chi connectivity index (χ1) is 37.2. The molecule has 0 saturated heterocycles. The van der Waals surface area contributed by atoms with Crippen LogP contribution in [0.15, 0.2) is 97.1 Å². The number of methoxy groups -OCH3 is 2. The number of fused-ring (bicyclic) bond motifs is 5. The maximum absolute atomic E-state index is 13.3. The van der Waals surface area contributed by atoms with Crippen molar-refractivity contribution < 1.29 is 73.0 Å². The number of aliphatic hydroxyl groups is 1.